The lowest BCUT2D eigenvalue weighted by molar-refractivity contribution is -0.132. The quantitative estimate of drug-likeness (QED) is 0.309. The number of para-hydroxylation sites is 1. The van der Waals surface area contributed by atoms with Crippen molar-refractivity contribution in [2.45, 2.75) is 13.0 Å². The van der Waals surface area contributed by atoms with Crippen LogP contribution in [0.25, 0.3) is 5.76 Å². The lowest BCUT2D eigenvalue weighted by Gasteiger charge is -2.25. The normalized spacial score (nSPS) is 17.6. The van der Waals surface area contributed by atoms with E-state index in [0.717, 1.165) is 10.4 Å². The molecule has 0 bridgehead atoms. The van der Waals surface area contributed by atoms with Gasteiger partial charge >= 0.3 is 0 Å². The van der Waals surface area contributed by atoms with Gasteiger partial charge in [0, 0.05) is 10.6 Å². The molecule has 2 heterocycles. The van der Waals surface area contributed by atoms with Crippen LogP contribution in [0.2, 0.25) is 5.02 Å². The zero-order valence-electron chi connectivity index (χ0n) is 17.6. The Morgan fingerprint density at radius 1 is 1.06 bits per heavy atom. The van der Waals surface area contributed by atoms with E-state index in [9.17, 15) is 14.7 Å². The van der Waals surface area contributed by atoms with Gasteiger partial charge in [-0.2, -0.15) is 0 Å². The van der Waals surface area contributed by atoms with Crippen LogP contribution in [0, 0.1) is 6.92 Å². The number of aryl methyl sites for hydroxylation is 1. The van der Waals surface area contributed by atoms with Crippen molar-refractivity contribution in [1.29, 1.82) is 0 Å². The number of halogens is 1. The van der Waals surface area contributed by atoms with Crippen molar-refractivity contribution in [3.63, 3.8) is 0 Å². The van der Waals surface area contributed by atoms with Crippen LogP contribution in [0.15, 0.2) is 59.5 Å². The number of aliphatic hydroxyl groups is 1. The van der Waals surface area contributed by atoms with Gasteiger partial charge in [0.1, 0.15) is 23.3 Å². The number of nitrogens with zero attached hydrogens (tertiary/aromatic N) is 1. The number of hydrogen-bond donors (Lipinski definition) is 1. The van der Waals surface area contributed by atoms with E-state index in [1.54, 1.807) is 42.5 Å². The summed E-state index contributed by atoms with van der Waals surface area (Å²) in [4.78, 5) is 28.6. The van der Waals surface area contributed by atoms with Crippen LogP contribution in [-0.2, 0) is 9.59 Å². The molecule has 1 aliphatic heterocycles. The highest BCUT2D eigenvalue weighted by Gasteiger charge is 2.48. The van der Waals surface area contributed by atoms with Crippen LogP contribution in [0.1, 0.15) is 22.0 Å². The summed E-state index contributed by atoms with van der Waals surface area (Å²) < 4.78 is 10.6. The zero-order chi connectivity index (χ0) is 23.0. The molecule has 32 heavy (non-hydrogen) atoms. The molecule has 1 atom stereocenters. The Labute approximate surface area is 194 Å². The average Bonchev–Trinajstić information content (AvgIpc) is 3.33. The van der Waals surface area contributed by atoms with Crippen LogP contribution < -0.4 is 14.4 Å². The van der Waals surface area contributed by atoms with E-state index in [4.69, 9.17) is 21.1 Å². The molecular formula is C24H20ClNO5S. The van der Waals surface area contributed by atoms with Gasteiger partial charge in [-0.1, -0.05) is 23.7 Å². The number of hydrogen-bond acceptors (Lipinski definition) is 6. The Kier molecular flexibility index (Phi) is 5.95. The highest BCUT2D eigenvalue weighted by Crippen LogP contribution is 2.46. The number of carbonyl (C=O) groups is 2. The number of anilines is 1. The fraction of sp³-hybridized carbons (Fsp3) is 0.167. The van der Waals surface area contributed by atoms with Gasteiger partial charge in [0.15, 0.2) is 0 Å². The summed E-state index contributed by atoms with van der Waals surface area (Å²) in [5.41, 5.74) is 1.66. The Bertz CT molecular complexity index is 1250. The molecule has 1 amide bonds. The number of Topliss-reactive ketones (excluding diaryl/α,β-unsaturated/α-hetero) is 1. The molecule has 1 unspecified atom stereocenters. The van der Waals surface area contributed by atoms with Gasteiger partial charge in [0.2, 0.25) is 0 Å². The highest BCUT2D eigenvalue weighted by molar-refractivity contribution is 7.10. The Hall–Kier alpha value is -3.29. The third-order valence-corrected chi connectivity index (χ3v) is 6.74. The number of carbonyl (C=O) groups excluding carboxylic acids is 2. The fourth-order valence-corrected chi connectivity index (χ4v) is 5.08. The molecule has 1 saturated heterocycles. The molecule has 0 aliphatic carbocycles. The Balaban J connectivity index is 1.97. The second kappa shape index (κ2) is 8.68. The minimum Gasteiger partial charge on any atom is -0.507 e. The van der Waals surface area contributed by atoms with Crippen molar-refractivity contribution >= 4 is 46.1 Å². The lowest BCUT2D eigenvalue weighted by Crippen LogP contribution is -2.29. The summed E-state index contributed by atoms with van der Waals surface area (Å²) in [6.07, 6.45) is 0. The fourth-order valence-electron chi connectivity index (χ4n) is 3.80. The van der Waals surface area contributed by atoms with Crippen molar-refractivity contribution in [1.82, 2.24) is 0 Å². The van der Waals surface area contributed by atoms with Gasteiger partial charge in [0.25, 0.3) is 11.7 Å². The van der Waals surface area contributed by atoms with Crippen LogP contribution >= 0.6 is 22.9 Å². The van der Waals surface area contributed by atoms with Crippen molar-refractivity contribution in [2.75, 3.05) is 19.1 Å². The number of amides is 1. The summed E-state index contributed by atoms with van der Waals surface area (Å²) in [5.74, 6) is -0.977. The maximum atomic E-state index is 13.2. The third-order valence-electron chi connectivity index (χ3n) is 5.37. The molecule has 3 aromatic rings. The zero-order valence-corrected chi connectivity index (χ0v) is 19.2. The maximum absolute atomic E-state index is 13.2. The van der Waals surface area contributed by atoms with E-state index < -0.39 is 17.7 Å². The molecule has 0 saturated carbocycles. The smallest absolute Gasteiger partial charge is 0.300 e. The first-order valence-electron chi connectivity index (χ1n) is 9.71. The number of ketones is 1. The van der Waals surface area contributed by atoms with Crippen molar-refractivity contribution in [3.8, 4) is 11.5 Å². The minimum atomic E-state index is -0.815. The summed E-state index contributed by atoms with van der Waals surface area (Å²) >= 11 is 7.71. The molecule has 1 fully saturated rings. The number of ether oxygens (including phenoxy) is 2. The van der Waals surface area contributed by atoms with E-state index in [1.165, 1.54) is 30.5 Å². The monoisotopic (exact) mass is 469 g/mol. The molecule has 4 rings (SSSR count). The molecular weight excluding hydrogens is 450 g/mol. The number of rotatable bonds is 5. The van der Waals surface area contributed by atoms with E-state index in [0.29, 0.717) is 27.8 Å². The summed E-state index contributed by atoms with van der Waals surface area (Å²) in [5, 5.41) is 13.4. The number of aliphatic hydroxyl groups excluding tert-OH is 1. The molecule has 1 N–H and O–H groups in total. The lowest BCUT2D eigenvalue weighted by atomic mass is 9.98. The first kappa shape index (κ1) is 21.9. The molecule has 164 valence electrons. The molecule has 0 spiro atoms. The SMILES string of the molecule is COc1ccc(N2C(=O)C(=O)/C(=C(\O)c3ccccc3OC)C2c2sccc2C)cc1Cl. The molecule has 1 aromatic heterocycles. The largest absolute Gasteiger partial charge is 0.507 e. The van der Waals surface area contributed by atoms with Gasteiger partial charge in [-0.25, -0.2) is 0 Å². The number of methoxy groups -OCH3 is 2. The maximum Gasteiger partial charge on any atom is 0.300 e. The first-order chi connectivity index (χ1) is 15.4. The number of thiophene rings is 1. The topological polar surface area (TPSA) is 76.1 Å². The van der Waals surface area contributed by atoms with E-state index >= 15 is 0 Å². The second-order valence-corrected chi connectivity index (χ2v) is 8.51. The molecule has 0 radical (unpaired) electrons. The van der Waals surface area contributed by atoms with E-state index in [-0.39, 0.29) is 11.3 Å². The molecule has 1 aliphatic rings. The van der Waals surface area contributed by atoms with E-state index in [2.05, 4.69) is 0 Å². The number of benzene rings is 2. The standard InChI is InChI=1S/C24H20ClNO5S/c1-13-10-11-32-23(13)20-19(21(27)15-6-4-5-7-17(15)30-2)22(28)24(29)26(20)14-8-9-18(31-3)16(25)12-14/h4-12,20,27H,1-3H3/b21-19-. The Morgan fingerprint density at radius 3 is 2.41 bits per heavy atom. The molecule has 6 nitrogen and oxygen atoms in total. The minimum absolute atomic E-state index is 0.00279. The van der Waals surface area contributed by atoms with Gasteiger partial charge in [-0.15, -0.1) is 11.3 Å². The van der Waals surface area contributed by atoms with Crippen LogP contribution in [0.3, 0.4) is 0 Å². The van der Waals surface area contributed by atoms with Crippen molar-refractivity contribution in [2.24, 2.45) is 0 Å². The van der Waals surface area contributed by atoms with Crippen LogP contribution in [-0.4, -0.2) is 31.0 Å². The van der Waals surface area contributed by atoms with Gasteiger partial charge in [-0.05, 0) is 54.3 Å². The third kappa shape index (κ3) is 3.53. The van der Waals surface area contributed by atoms with Crippen molar-refractivity contribution in [3.05, 3.63) is 80.5 Å². The molecule has 2 aromatic carbocycles. The summed E-state index contributed by atoms with van der Waals surface area (Å²) in [6, 6.07) is 12.8. The summed E-state index contributed by atoms with van der Waals surface area (Å²) in [7, 11) is 2.97. The van der Waals surface area contributed by atoms with Crippen LogP contribution in [0.4, 0.5) is 5.69 Å². The summed E-state index contributed by atoms with van der Waals surface area (Å²) in [6.45, 7) is 1.90. The van der Waals surface area contributed by atoms with Gasteiger partial charge in [0.05, 0.1) is 30.4 Å². The first-order valence-corrected chi connectivity index (χ1v) is 11.0. The van der Waals surface area contributed by atoms with Crippen molar-refractivity contribution < 1.29 is 24.2 Å². The van der Waals surface area contributed by atoms with Gasteiger partial charge in [-0.3, -0.25) is 14.5 Å². The predicted octanol–water partition coefficient (Wildman–Crippen LogP) is 5.35. The molecule has 8 heteroatoms. The van der Waals surface area contributed by atoms with Crippen LogP contribution in [0.5, 0.6) is 11.5 Å². The highest BCUT2D eigenvalue weighted by atomic mass is 35.5. The Morgan fingerprint density at radius 2 is 1.78 bits per heavy atom. The van der Waals surface area contributed by atoms with E-state index in [1.807, 2.05) is 18.4 Å². The average molecular weight is 470 g/mol. The second-order valence-electron chi connectivity index (χ2n) is 7.16. The predicted molar refractivity (Wildman–Crippen MR) is 125 cm³/mol. The van der Waals surface area contributed by atoms with Gasteiger partial charge < -0.3 is 14.6 Å².